The van der Waals surface area contributed by atoms with Crippen LogP contribution in [0.3, 0.4) is 0 Å². The molecule has 3 fully saturated rings. The lowest BCUT2D eigenvalue weighted by Crippen LogP contribution is -2.69. The molecule has 0 amide bonds. The Kier molecular flexibility index (Phi) is 5.34. The van der Waals surface area contributed by atoms with Crippen LogP contribution in [0.4, 0.5) is 4.39 Å². The minimum absolute atomic E-state index is 0.211. The number of aliphatic hydroxyl groups is 2. The summed E-state index contributed by atoms with van der Waals surface area (Å²) in [5.74, 6) is -2.87. The van der Waals surface area contributed by atoms with Gasteiger partial charge in [0.25, 0.3) is 0 Å². The molecule has 8 nitrogen and oxygen atoms in total. The highest BCUT2D eigenvalue weighted by atomic mass is 31.2. The summed E-state index contributed by atoms with van der Waals surface area (Å²) < 4.78 is 32.5. The highest BCUT2D eigenvalue weighted by molar-refractivity contribution is 7.46. The lowest BCUT2D eigenvalue weighted by molar-refractivity contribution is -0.219. The second-order valence-corrected chi connectivity index (χ2v) is 11.6. The Morgan fingerprint density at radius 1 is 1.31 bits per heavy atom. The smallest absolute Gasteiger partial charge is 0.390 e. The van der Waals surface area contributed by atoms with E-state index in [1.807, 2.05) is 0 Å². The maximum atomic E-state index is 17.0. The monoisotopic (exact) mass is 472 g/mol. The number of phosphoric acid groups is 1. The van der Waals surface area contributed by atoms with E-state index in [2.05, 4.69) is 4.52 Å². The van der Waals surface area contributed by atoms with Crippen molar-refractivity contribution in [3.05, 3.63) is 23.8 Å². The van der Waals surface area contributed by atoms with Gasteiger partial charge in [-0.15, -0.1) is 0 Å². The molecule has 32 heavy (non-hydrogen) atoms. The van der Waals surface area contributed by atoms with Crippen LogP contribution in [0.1, 0.15) is 46.5 Å². The topological polar surface area (TPSA) is 141 Å². The van der Waals surface area contributed by atoms with Crippen LogP contribution in [0.2, 0.25) is 0 Å². The molecule has 0 bridgehead atoms. The SMILES string of the molecule is C[C@@H]1C[C@H]2[C@@H]3CCC4=CC(=O)C=CC4(C)[C@@]3(F)[C@@H](O)CC2(C)[C@@]1(O)C(=O)COP(=O)(O)O. The highest BCUT2D eigenvalue weighted by Gasteiger charge is 2.75. The third-order valence-electron chi connectivity index (χ3n) is 9.01. The fourth-order valence-corrected chi connectivity index (χ4v) is 7.68. The van der Waals surface area contributed by atoms with E-state index in [1.165, 1.54) is 18.2 Å². The number of fused-ring (bicyclic) bond motifs is 5. The molecule has 0 aromatic carbocycles. The maximum absolute atomic E-state index is 17.0. The van der Waals surface area contributed by atoms with Crippen molar-refractivity contribution in [3.63, 3.8) is 0 Å². The number of aliphatic hydroxyl groups excluding tert-OH is 1. The van der Waals surface area contributed by atoms with Gasteiger partial charge in [-0.05, 0) is 56.6 Å². The van der Waals surface area contributed by atoms with E-state index in [9.17, 15) is 24.4 Å². The lowest BCUT2D eigenvalue weighted by Gasteiger charge is -2.62. The number of rotatable bonds is 4. The summed E-state index contributed by atoms with van der Waals surface area (Å²) in [5.41, 5.74) is -5.88. The van der Waals surface area contributed by atoms with Gasteiger partial charge in [-0.25, -0.2) is 8.96 Å². The van der Waals surface area contributed by atoms with Gasteiger partial charge in [0.1, 0.15) is 12.2 Å². The number of Topliss-reactive ketones (excluding diaryl/α,β-unsaturated/α-hetero) is 1. The molecular formula is C22H30FO8P. The molecule has 4 N–H and O–H groups in total. The van der Waals surface area contributed by atoms with E-state index in [0.717, 1.165) is 0 Å². The first-order chi connectivity index (χ1) is 14.6. The molecular weight excluding hydrogens is 442 g/mol. The molecule has 0 saturated heterocycles. The summed E-state index contributed by atoms with van der Waals surface area (Å²) in [4.78, 5) is 42.8. The van der Waals surface area contributed by atoms with Crippen LogP contribution in [0.25, 0.3) is 0 Å². The first-order valence-electron chi connectivity index (χ1n) is 10.9. The zero-order valence-corrected chi connectivity index (χ0v) is 19.2. The van der Waals surface area contributed by atoms with Crippen molar-refractivity contribution >= 4 is 19.4 Å². The van der Waals surface area contributed by atoms with E-state index in [-0.39, 0.29) is 12.2 Å². The van der Waals surface area contributed by atoms with Crippen molar-refractivity contribution in [1.82, 2.24) is 0 Å². The van der Waals surface area contributed by atoms with Gasteiger partial charge in [0.05, 0.1) is 6.10 Å². The van der Waals surface area contributed by atoms with Gasteiger partial charge >= 0.3 is 7.82 Å². The summed E-state index contributed by atoms with van der Waals surface area (Å²) in [6.07, 6.45) is 3.70. The molecule has 4 aliphatic rings. The molecule has 0 aromatic heterocycles. The molecule has 178 valence electrons. The van der Waals surface area contributed by atoms with Crippen molar-refractivity contribution in [2.45, 2.75) is 63.8 Å². The molecule has 10 heteroatoms. The summed E-state index contributed by atoms with van der Waals surface area (Å²) in [6.45, 7) is 4.00. The number of carbonyl (C=O) groups excluding carboxylic acids is 2. The minimum atomic E-state index is -4.93. The molecule has 4 rings (SSSR count). The predicted octanol–water partition coefficient (Wildman–Crippen LogP) is 2.01. The molecule has 0 aromatic rings. The zero-order valence-electron chi connectivity index (χ0n) is 18.3. The molecule has 4 aliphatic carbocycles. The molecule has 0 spiro atoms. The van der Waals surface area contributed by atoms with E-state index in [1.54, 1.807) is 20.8 Å². The van der Waals surface area contributed by atoms with Crippen molar-refractivity contribution in [1.29, 1.82) is 0 Å². The summed E-state index contributed by atoms with van der Waals surface area (Å²) >= 11 is 0. The van der Waals surface area contributed by atoms with E-state index >= 15 is 4.39 Å². The van der Waals surface area contributed by atoms with Gasteiger partial charge in [0.15, 0.2) is 17.2 Å². The summed E-state index contributed by atoms with van der Waals surface area (Å²) in [7, 11) is -4.93. The fourth-order valence-electron chi connectivity index (χ4n) is 7.39. The van der Waals surface area contributed by atoms with Crippen LogP contribution in [-0.2, 0) is 18.7 Å². The van der Waals surface area contributed by atoms with E-state index < -0.39 is 66.2 Å². The Bertz CT molecular complexity index is 973. The number of ketones is 2. The number of hydrogen-bond donors (Lipinski definition) is 4. The van der Waals surface area contributed by atoms with Crippen molar-refractivity contribution in [3.8, 4) is 0 Å². The number of allylic oxidation sites excluding steroid dienone is 4. The third kappa shape index (κ3) is 2.95. The number of halogens is 1. The van der Waals surface area contributed by atoms with Crippen molar-refractivity contribution < 1.29 is 43.1 Å². The van der Waals surface area contributed by atoms with Gasteiger partial charge in [-0.3, -0.25) is 14.1 Å². The van der Waals surface area contributed by atoms with Crippen LogP contribution in [-0.4, -0.2) is 55.5 Å². The first kappa shape index (κ1) is 23.9. The van der Waals surface area contributed by atoms with Gasteiger partial charge < -0.3 is 20.0 Å². The number of phosphoric ester groups is 1. The van der Waals surface area contributed by atoms with Gasteiger partial charge in [0.2, 0.25) is 0 Å². The van der Waals surface area contributed by atoms with Gasteiger partial charge in [0, 0.05) is 16.7 Å². The lowest BCUT2D eigenvalue weighted by atomic mass is 9.44. The second-order valence-electron chi connectivity index (χ2n) is 10.4. The van der Waals surface area contributed by atoms with Crippen LogP contribution < -0.4 is 0 Å². The third-order valence-corrected chi connectivity index (χ3v) is 9.48. The molecule has 0 aliphatic heterocycles. The molecule has 0 radical (unpaired) electrons. The average Bonchev–Trinajstić information content (AvgIpc) is 2.89. The van der Waals surface area contributed by atoms with Crippen LogP contribution in [0.15, 0.2) is 23.8 Å². The number of hydrogen-bond acceptors (Lipinski definition) is 6. The van der Waals surface area contributed by atoms with Crippen molar-refractivity contribution in [2.24, 2.45) is 28.6 Å². The summed E-state index contributed by atoms with van der Waals surface area (Å²) in [6, 6.07) is 0. The fraction of sp³-hybridized carbons (Fsp3) is 0.727. The number of alkyl halides is 1. The van der Waals surface area contributed by atoms with Gasteiger partial charge in [-0.1, -0.05) is 25.5 Å². The largest absolute Gasteiger partial charge is 0.470 e. The van der Waals surface area contributed by atoms with E-state index in [4.69, 9.17) is 9.79 Å². The average molecular weight is 472 g/mol. The Morgan fingerprint density at radius 2 is 1.97 bits per heavy atom. The molecule has 8 atom stereocenters. The Hall–Kier alpha value is -1.22. The molecule has 0 heterocycles. The highest BCUT2D eigenvalue weighted by Crippen LogP contribution is 2.70. The van der Waals surface area contributed by atoms with Crippen LogP contribution in [0, 0.1) is 28.6 Å². The molecule has 2 unspecified atom stereocenters. The second kappa shape index (κ2) is 7.14. The quantitative estimate of drug-likeness (QED) is 0.456. The number of carbonyl (C=O) groups is 2. The van der Waals surface area contributed by atoms with Crippen LogP contribution in [0.5, 0.6) is 0 Å². The Morgan fingerprint density at radius 3 is 2.59 bits per heavy atom. The standard InChI is InChI=1S/C22H30FO8P/c1-12-8-16-15-5-4-13-9-14(24)6-7-19(13,2)21(15,23)17(25)10-20(16,3)22(12,27)18(26)11-31-32(28,29)30/h6-7,9,12,15-17,25,27H,4-5,8,10-11H2,1-3H3,(H2,28,29,30)/t12-,15+,16+,17+,19?,20?,21+,22+/m1/s1. The Labute approximate surface area is 185 Å². The first-order valence-corrected chi connectivity index (χ1v) is 12.4. The minimum Gasteiger partial charge on any atom is -0.390 e. The zero-order chi connectivity index (χ0) is 23.9. The van der Waals surface area contributed by atoms with E-state index in [0.29, 0.717) is 24.8 Å². The normalized spacial score (nSPS) is 48.0. The summed E-state index contributed by atoms with van der Waals surface area (Å²) in [5, 5.41) is 22.8. The van der Waals surface area contributed by atoms with Crippen LogP contribution >= 0.6 is 7.82 Å². The Balaban J connectivity index is 1.74. The van der Waals surface area contributed by atoms with Gasteiger partial charge in [-0.2, -0.15) is 0 Å². The molecule has 3 saturated carbocycles. The maximum Gasteiger partial charge on any atom is 0.470 e. The van der Waals surface area contributed by atoms with Crippen molar-refractivity contribution in [2.75, 3.05) is 6.61 Å². The predicted molar refractivity (Wildman–Crippen MR) is 111 cm³/mol.